The number of piperidine rings is 1. The minimum atomic E-state index is -3.47. The zero-order chi connectivity index (χ0) is 14.8. The molecule has 1 aromatic rings. The summed E-state index contributed by atoms with van der Waals surface area (Å²) in [5, 5.41) is 10.2. The van der Waals surface area contributed by atoms with Crippen molar-refractivity contribution in [2.75, 3.05) is 19.6 Å². The molecule has 1 fully saturated rings. The number of sulfonamides is 1. The molecule has 0 aromatic carbocycles. The Morgan fingerprint density at radius 1 is 1.35 bits per heavy atom. The molecule has 2 rings (SSSR count). The number of aromatic nitrogens is 2. The number of H-pyrrole nitrogens is 1. The third-order valence-corrected chi connectivity index (χ3v) is 6.05. The van der Waals surface area contributed by atoms with E-state index in [0.717, 1.165) is 13.0 Å². The highest BCUT2D eigenvalue weighted by molar-refractivity contribution is 7.89. The fourth-order valence-electron chi connectivity index (χ4n) is 2.77. The lowest BCUT2D eigenvalue weighted by atomic mass is 10.1. The van der Waals surface area contributed by atoms with Crippen LogP contribution in [0.4, 0.5) is 0 Å². The number of nitrogens with one attached hydrogen (secondary N) is 2. The van der Waals surface area contributed by atoms with Crippen LogP contribution < -0.4 is 5.32 Å². The molecular formula is C13H24N4O2S. The van der Waals surface area contributed by atoms with Crippen LogP contribution in [0.3, 0.4) is 0 Å². The molecule has 1 atom stereocenters. The molecule has 1 unspecified atom stereocenters. The predicted molar refractivity (Wildman–Crippen MR) is 78.1 cm³/mol. The summed E-state index contributed by atoms with van der Waals surface area (Å²) >= 11 is 0. The first-order chi connectivity index (χ1) is 9.46. The van der Waals surface area contributed by atoms with E-state index in [1.807, 2.05) is 6.92 Å². The second kappa shape index (κ2) is 6.24. The summed E-state index contributed by atoms with van der Waals surface area (Å²) in [6.07, 6.45) is 3.38. The summed E-state index contributed by atoms with van der Waals surface area (Å²) in [6, 6.07) is 0.256. The first kappa shape index (κ1) is 15.5. The van der Waals surface area contributed by atoms with Gasteiger partial charge in [-0.05, 0) is 33.2 Å². The molecule has 114 valence electrons. The smallest absolute Gasteiger partial charge is 0.246 e. The van der Waals surface area contributed by atoms with Gasteiger partial charge in [0, 0.05) is 19.1 Å². The van der Waals surface area contributed by atoms with E-state index in [1.54, 1.807) is 18.2 Å². The van der Waals surface area contributed by atoms with Gasteiger partial charge in [-0.1, -0.05) is 13.3 Å². The van der Waals surface area contributed by atoms with Crippen molar-refractivity contribution in [3.05, 3.63) is 11.4 Å². The Bertz CT molecular complexity index is 527. The third kappa shape index (κ3) is 3.05. The van der Waals surface area contributed by atoms with E-state index in [-0.39, 0.29) is 6.04 Å². The van der Waals surface area contributed by atoms with Crippen LogP contribution in [-0.4, -0.2) is 48.6 Å². The van der Waals surface area contributed by atoms with Crippen molar-refractivity contribution >= 4 is 10.0 Å². The number of hydrogen-bond acceptors (Lipinski definition) is 4. The van der Waals surface area contributed by atoms with Crippen molar-refractivity contribution in [1.82, 2.24) is 19.8 Å². The summed E-state index contributed by atoms with van der Waals surface area (Å²) < 4.78 is 27.1. The Morgan fingerprint density at radius 2 is 2.10 bits per heavy atom. The predicted octanol–water partition coefficient (Wildman–Crippen LogP) is 1.18. The van der Waals surface area contributed by atoms with Gasteiger partial charge in [-0.15, -0.1) is 0 Å². The molecule has 6 nitrogen and oxygen atoms in total. The van der Waals surface area contributed by atoms with Crippen LogP contribution in [-0.2, 0) is 10.0 Å². The van der Waals surface area contributed by atoms with Gasteiger partial charge in [-0.2, -0.15) is 9.40 Å². The monoisotopic (exact) mass is 300 g/mol. The van der Waals surface area contributed by atoms with Crippen LogP contribution in [0.15, 0.2) is 4.90 Å². The lowest BCUT2D eigenvalue weighted by Gasteiger charge is -2.29. The molecule has 1 saturated heterocycles. The Hall–Kier alpha value is -0.920. The highest BCUT2D eigenvalue weighted by Crippen LogP contribution is 2.22. The first-order valence-corrected chi connectivity index (χ1v) is 8.66. The summed E-state index contributed by atoms with van der Waals surface area (Å²) in [5.74, 6) is 0. The van der Waals surface area contributed by atoms with Gasteiger partial charge in [0.15, 0.2) is 0 Å². The first-order valence-electron chi connectivity index (χ1n) is 7.22. The number of aryl methyl sites for hydroxylation is 2. The molecule has 1 aromatic heterocycles. The standard InChI is InChI=1S/C13H24N4O2S/c1-4-17(9-12-7-5-6-8-14-12)20(18,19)13-10(2)15-16-11(13)3/h12,14H,4-9H2,1-3H3,(H,15,16). The van der Waals surface area contributed by atoms with Crippen LogP contribution in [0.2, 0.25) is 0 Å². The van der Waals surface area contributed by atoms with Gasteiger partial charge >= 0.3 is 0 Å². The molecule has 0 bridgehead atoms. The largest absolute Gasteiger partial charge is 0.313 e. The molecule has 1 aliphatic rings. The van der Waals surface area contributed by atoms with Crippen molar-refractivity contribution in [2.45, 2.75) is 51.0 Å². The van der Waals surface area contributed by atoms with Gasteiger partial charge in [0.25, 0.3) is 0 Å². The minimum Gasteiger partial charge on any atom is -0.313 e. The Labute approximate surface area is 121 Å². The van der Waals surface area contributed by atoms with Crippen LogP contribution in [0.25, 0.3) is 0 Å². The molecule has 0 spiro atoms. The van der Waals surface area contributed by atoms with E-state index >= 15 is 0 Å². The van der Waals surface area contributed by atoms with Crippen LogP contribution >= 0.6 is 0 Å². The quantitative estimate of drug-likeness (QED) is 0.856. The van der Waals surface area contributed by atoms with Crippen molar-refractivity contribution in [1.29, 1.82) is 0 Å². The number of aromatic amines is 1. The molecule has 2 N–H and O–H groups in total. The lowest BCUT2D eigenvalue weighted by Crippen LogP contribution is -2.45. The van der Waals surface area contributed by atoms with Gasteiger partial charge in [-0.25, -0.2) is 8.42 Å². The molecule has 20 heavy (non-hydrogen) atoms. The van der Waals surface area contributed by atoms with Gasteiger partial charge < -0.3 is 5.32 Å². The van der Waals surface area contributed by atoms with Crippen molar-refractivity contribution in [2.24, 2.45) is 0 Å². The number of rotatable bonds is 5. The zero-order valence-corrected chi connectivity index (χ0v) is 13.3. The molecule has 1 aliphatic heterocycles. The van der Waals surface area contributed by atoms with E-state index in [0.29, 0.717) is 29.4 Å². The second-order valence-corrected chi connectivity index (χ2v) is 7.24. The zero-order valence-electron chi connectivity index (χ0n) is 12.4. The minimum absolute atomic E-state index is 0.256. The lowest BCUT2D eigenvalue weighted by molar-refractivity contribution is 0.319. The summed E-state index contributed by atoms with van der Waals surface area (Å²) in [7, 11) is -3.47. The van der Waals surface area contributed by atoms with Gasteiger partial charge in [0.2, 0.25) is 10.0 Å². The Morgan fingerprint density at radius 3 is 2.60 bits per heavy atom. The summed E-state index contributed by atoms with van der Waals surface area (Å²) in [4.78, 5) is 0.329. The van der Waals surface area contributed by atoms with Crippen LogP contribution in [0.1, 0.15) is 37.6 Å². The average Bonchev–Trinajstić information content (AvgIpc) is 2.77. The normalized spacial score (nSPS) is 20.5. The van der Waals surface area contributed by atoms with Gasteiger partial charge in [0.05, 0.1) is 11.4 Å². The highest BCUT2D eigenvalue weighted by atomic mass is 32.2. The second-order valence-electron chi connectivity index (χ2n) is 5.37. The molecule has 7 heteroatoms. The van der Waals surface area contributed by atoms with E-state index in [4.69, 9.17) is 0 Å². The van der Waals surface area contributed by atoms with Gasteiger partial charge in [-0.3, -0.25) is 5.10 Å². The SMILES string of the molecule is CCN(CC1CCCCN1)S(=O)(=O)c1c(C)n[nH]c1C. The topological polar surface area (TPSA) is 78.1 Å². The fraction of sp³-hybridized carbons (Fsp3) is 0.769. The fourth-order valence-corrected chi connectivity index (χ4v) is 4.60. The maximum atomic E-state index is 12.8. The van der Waals surface area contributed by atoms with Crippen LogP contribution in [0, 0.1) is 13.8 Å². The van der Waals surface area contributed by atoms with Gasteiger partial charge in [0.1, 0.15) is 4.90 Å². The highest BCUT2D eigenvalue weighted by Gasteiger charge is 2.30. The molecule has 0 radical (unpaired) electrons. The van der Waals surface area contributed by atoms with Crippen LogP contribution in [0.5, 0.6) is 0 Å². The van der Waals surface area contributed by atoms with Crippen molar-refractivity contribution in [3.63, 3.8) is 0 Å². The van der Waals surface area contributed by atoms with E-state index in [2.05, 4.69) is 15.5 Å². The molecule has 0 saturated carbocycles. The Kier molecular flexibility index (Phi) is 4.82. The average molecular weight is 300 g/mol. The summed E-state index contributed by atoms with van der Waals surface area (Å²) in [6.45, 7) is 7.34. The van der Waals surface area contributed by atoms with E-state index < -0.39 is 10.0 Å². The number of hydrogen-bond donors (Lipinski definition) is 2. The maximum Gasteiger partial charge on any atom is 0.246 e. The number of nitrogens with zero attached hydrogens (tertiary/aromatic N) is 2. The van der Waals surface area contributed by atoms with E-state index in [9.17, 15) is 8.42 Å². The maximum absolute atomic E-state index is 12.8. The van der Waals surface area contributed by atoms with E-state index in [1.165, 1.54) is 12.8 Å². The molecule has 2 heterocycles. The molecule has 0 aliphatic carbocycles. The van der Waals surface area contributed by atoms with Crippen molar-refractivity contribution in [3.8, 4) is 0 Å². The van der Waals surface area contributed by atoms with Crippen molar-refractivity contribution < 1.29 is 8.42 Å². The Balaban J connectivity index is 2.21. The third-order valence-electron chi connectivity index (χ3n) is 3.85. The molecule has 0 amide bonds. The summed E-state index contributed by atoms with van der Waals surface area (Å²) in [5.41, 5.74) is 1.15. The number of likely N-dealkylation sites (N-methyl/N-ethyl adjacent to an activating group) is 1. The molecular weight excluding hydrogens is 276 g/mol.